The molecule has 0 spiro atoms. The first kappa shape index (κ1) is 27.2. The van der Waals surface area contributed by atoms with Crippen molar-refractivity contribution in [1.29, 1.82) is 0 Å². The van der Waals surface area contributed by atoms with Crippen molar-refractivity contribution in [1.82, 2.24) is 0 Å². The Morgan fingerprint density at radius 1 is 0.655 bits per heavy atom. The van der Waals surface area contributed by atoms with Crippen LogP contribution in [0.15, 0.2) is 72.8 Å². The van der Waals surface area contributed by atoms with Gasteiger partial charge in [0.05, 0.1) is 13.2 Å². The molecule has 0 heterocycles. The fourth-order valence-electron chi connectivity index (χ4n) is 1.74. The Labute approximate surface area is 181 Å². The minimum Gasteiger partial charge on any atom is -0.726 e. The maximum absolute atomic E-state index is 10.0. The predicted molar refractivity (Wildman–Crippen MR) is 102 cm³/mol. The normalized spacial score (nSPS) is 11.7. The zero-order chi connectivity index (χ0) is 20.9. The first-order valence-electron chi connectivity index (χ1n) is 7.79. The van der Waals surface area contributed by atoms with Gasteiger partial charge in [-0.05, 0) is 11.1 Å². The van der Waals surface area contributed by atoms with E-state index in [0.29, 0.717) is 0 Å². The molecule has 0 unspecified atom stereocenters. The third-order valence-corrected chi connectivity index (χ3v) is 3.69. The SMILES string of the molecule is O=S(=O)([O-])OCC=Cc1ccccc1.O=S(=O)([O-])OCC=Cc1ccccc1.[Cu+2]. The van der Waals surface area contributed by atoms with Gasteiger partial charge < -0.3 is 9.11 Å². The van der Waals surface area contributed by atoms with Crippen molar-refractivity contribution in [3.05, 3.63) is 83.9 Å². The Morgan fingerprint density at radius 2 is 0.966 bits per heavy atom. The number of rotatable bonds is 8. The molecule has 1 radical (unpaired) electrons. The molecule has 0 aromatic heterocycles. The number of benzene rings is 2. The van der Waals surface area contributed by atoms with Crippen molar-refractivity contribution >= 4 is 33.0 Å². The van der Waals surface area contributed by atoms with Crippen molar-refractivity contribution in [3.63, 3.8) is 0 Å². The molecule has 0 saturated heterocycles. The van der Waals surface area contributed by atoms with Crippen molar-refractivity contribution in [2.45, 2.75) is 0 Å². The molecule has 11 heteroatoms. The minimum atomic E-state index is -4.58. The third-order valence-electron chi connectivity index (χ3n) is 2.84. The van der Waals surface area contributed by atoms with Gasteiger partial charge >= 0.3 is 17.1 Å². The Kier molecular flexibility index (Phi) is 13.3. The summed E-state index contributed by atoms with van der Waals surface area (Å²) in [5.41, 5.74) is 1.83. The minimum absolute atomic E-state index is 0. The second kappa shape index (κ2) is 14.2. The van der Waals surface area contributed by atoms with Gasteiger partial charge in [-0.15, -0.1) is 0 Å². The molecule has 0 aliphatic rings. The Morgan fingerprint density at radius 3 is 1.24 bits per heavy atom. The van der Waals surface area contributed by atoms with Gasteiger partial charge in [0.25, 0.3) is 0 Å². The molecule has 0 saturated carbocycles. The molecular formula is C18H18CuO8S2. The molecule has 8 nitrogen and oxygen atoms in total. The standard InChI is InChI=1S/2C9H10O4S.Cu/c2*10-14(11,12)13-8-4-7-9-5-2-1-3-6-9;/h2*1-7H,8H2,(H,10,11,12);/q;;+2/p-2. The van der Waals surface area contributed by atoms with Crippen LogP contribution in [0.3, 0.4) is 0 Å². The average molecular weight is 490 g/mol. The van der Waals surface area contributed by atoms with Crippen LogP contribution in [-0.4, -0.2) is 39.2 Å². The Balaban J connectivity index is 0.000000523. The molecular weight excluding hydrogens is 472 g/mol. The van der Waals surface area contributed by atoms with E-state index in [0.717, 1.165) is 11.1 Å². The molecule has 2 aromatic carbocycles. The molecule has 0 fully saturated rings. The van der Waals surface area contributed by atoms with E-state index in [1.54, 1.807) is 12.2 Å². The van der Waals surface area contributed by atoms with Crippen LogP contribution >= 0.6 is 0 Å². The van der Waals surface area contributed by atoms with Crippen LogP contribution < -0.4 is 0 Å². The van der Waals surface area contributed by atoms with Gasteiger partial charge in [0, 0.05) is 0 Å². The van der Waals surface area contributed by atoms with Gasteiger partial charge in [0.1, 0.15) is 0 Å². The predicted octanol–water partition coefficient (Wildman–Crippen LogP) is 2.35. The van der Waals surface area contributed by atoms with E-state index >= 15 is 0 Å². The van der Waals surface area contributed by atoms with Gasteiger partial charge in [0.15, 0.2) is 0 Å². The van der Waals surface area contributed by atoms with E-state index in [1.165, 1.54) is 12.2 Å². The van der Waals surface area contributed by atoms with Crippen molar-refractivity contribution in [2.24, 2.45) is 0 Å². The summed E-state index contributed by atoms with van der Waals surface area (Å²) in [4.78, 5) is 0. The molecule has 0 amide bonds. The molecule has 2 rings (SSSR count). The van der Waals surface area contributed by atoms with Crippen LogP contribution in [0.5, 0.6) is 0 Å². The van der Waals surface area contributed by atoms with Crippen LogP contribution in [0.1, 0.15) is 11.1 Å². The van der Waals surface area contributed by atoms with Crippen molar-refractivity contribution in [3.8, 4) is 0 Å². The summed E-state index contributed by atoms with van der Waals surface area (Å²) in [6, 6.07) is 18.5. The summed E-state index contributed by atoms with van der Waals surface area (Å²) >= 11 is 0. The van der Waals surface area contributed by atoms with Gasteiger partial charge in [-0.2, -0.15) is 0 Å². The topological polar surface area (TPSA) is 133 Å². The monoisotopic (exact) mass is 489 g/mol. The molecule has 0 aliphatic carbocycles. The van der Waals surface area contributed by atoms with Crippen LogP contribution in [0.4, 0.5) is 0 Å². The van der Waals surface area contributed by atoms with Gasteiger partial charge in [0.2, 0.25) is 20.8 Å². The largest absolute Gasteiger partial charge is 2.00 e. The van der Waals surface area contributed by atoms with E-state index in [4.69, 9.17) is 0 Å². The van der Waals surface area contributed by atoms with E-state index in [9.17, 15) is 25.9 Å². The molecule has 0 bridgehead atoms. The van der Waals surface area contributed by atoms with E-state index in [-0.39, 0.29) is 30.3 Å². The van der Waals surface area contributed by atoms with Crippen LogP contribution in [0.2, 0.25) is 0 Å². The summed E-state index contributed by atoms with van der Waals surface area (Å²) < 4.78 is 68.1. The van der Waals surface area contributed by atoms with Crippen LogP contribution in [0.25, 0.3) is 12.2 Å². The summed E-state index contributed by atoms with van der Waals surface area (Å²) in [6.45, 7) is -0.471. The van der Waals surface area contributed by atoms with Gasteiger partial charge in [-0.3, -0.25) is 8.37 Å². The number of hydrogen-bond acceptors (Lipinski definition) is 8. The molecule has 2 aromatic rings. The first-order valence-corrected chi connectivity index (χ1v) is 10.5. The zero-order valence-corrected chi connectivity index (χ0v) is 17.5. The van der Waals surface area contributed by atoms with Gasteiger partial charge in [-0.25, -0.2) is 16.8 Å². The Hall–Kier alpha value is -1.82. The van der Waals surface area contributed by atoms with Gasteiger partial charge in [-0.1, -0.05) is 85.0 Å². The van der Waals surface area contributed by atoms with E-state index in [2.05, 4.69) is 8.37 Å². The van der Waals surface area contributed by atoms with E-state index < -0.39 is 20.8 Å². The summed E-state index contributed by atoms with van der Waals surface area (Å²) in [7, 11) is -9.16. The average Bonchev–Trinajstić information content (AvgIpc) is 2.63. The summed E-state index contributed by atoms with van der Waals surface area (Å²) in [6.07, 6.45) is 6.27. The zero-order valence-electron chi connectivity index (χ0n) is 14.9. The molecule has 0 aliphatic heterocycles. The third kappa shape index (κ3) is 16.8. The molecule has 0 N–H and O–H groups in total. The summed E-state index contributed by atoms with van der Waals surface area (Å²) in [5, 5.41) is 0. The fourth-order valence-corrected chi connectivity index (χ4v) is 2.23. The van der Waals surface area contributed by atoms with Crippen molar-refractivity contribution in [2.75, 3.05) is 13.2 Å². The molecule has 161 valence electrons. The first-order chi connectivity index (χ1) is 13.2. The van der Waals surface area contributed by atoms with Crippen LogP contribution in [0, 0.1) is 0 Å². The molecule has 0 atom stereocenters. The smallest absolute Gasteiger partial charge is 0.726 e. The van der Waals surface area contributed by atoms with E-state index in [1.807, 2.05) is 60.7 Å². The van der Waals surface area contributed by atoms with Crippen LogP contribution in [-0.2, 0) is 46.2 Å². The maximum atomic E-state index is 10.0. The number of hydrogen-bond donors (Lipinski definition) is 0. The summed E-state index contributed by atoms with van der Waals surface area (Å²) in [5.74, 6) is 0. The second-order valence-corrected chi connectivity index (χ2v) is 7.12. The van der Waals surface area contributed by atoms with Crippen molar-refractivity contribution < 1.29 is 51.4 Å². The maximum Gasteiger partial charge on any atom is 2.00 e. The second-order valence-electron chi connectivity index (χ2n) is 5.01. The molecule has 29 heavy (non-hydrogen) atoms. The Bertz CT molecular complexity index is 876. The fraction of sp³-hybridized carbons (Fsp3) is 0.111. The quantitative estimate of drug-likeness (QED) is 0.313.